The van der Waals surface area contributed by atoms with E-state index in [1.807, 2.05) is 6.92 Å². The molecule has 0 atom stereocenters. The van der Waals surface area contributed by atoms with Crippen molar-refractivity contribution in [3.05, 3.63) is 59.4 Å². The second kappa shape index (κ2) is 8.41. The topological polar surface area (TPSA) is 68.0 Å². The minimum Gasteiger partial charge on any atom is -0.445 e. The number of amides is 1. The van der Waals surface area contributed by atoms with E-state index in [0.717, 1.165) is 34.6 Å². The number of thioether (sulfide) groups is 1. The summed E-state index contributed by atoms with van der Waals surface area (Å²) >= 11 is 2.79. The molecule has 0 aliphatic heterocycles. The molecule has 1 amide bonds. The molecule has 5 nitrogen and oxygen atoms in total. The summed E-state index contributed by atoms with van der Waals surface area (Å²) in [7, 11) is 0. The quantitative estimate of drug-likeness (QED) is 0.599. The Labute approximate surface area is 156 Å². The molecule has 0 spiro atoms. The summed E-state index contributed by atoms with van der Waals surface area (Å²) < 4.78 is 33.1. The first-order chi connectivity index (χ1) is 12.5. The number of carbonyl (C=O) groups excluding carboxylic acids is 1. The Morgan fingerprint density at radius 2 is 2.15 bits per heavy atom. The smallest absolute Gasteiger partial charge is 0.230 e. The van der Waals surface area contributed by atoms with Crippen molar-refractivity contribution in [3.63, 3.8) is 0 Å². The first-order valence-electron chi connectivity index (χ1n) is 7.79. The van der Waals surface area contributed by atoms with Gasteiger partial charge in [-0.2, -0.15) is 0 Å². The van der Waals surface area contributed by atoms with Crippen LogP contribution < -0.4 is 5.32 Å². The number of rotatable bonds is 7. The van der Waals surface area contributed by atoms with Crippen LogP contribution >= 0.6 is 23.1 Å². The molecule has 9 heteroatoms. The predicted octanol–water partition coefficient (Wildman–Crippen LogP) is 4.45. The van der Waals surface area contributed by atoms with Crippen LogP contribution in [0, 0.1) is 11.6 Å². The lowest BCUT2D eigenvalue weighted by atomic mass is 10.1. The van der Waals surface area contributed by atoms with Crippen LogP contribution in [0.3, 0.4) is 0 Å². The van der Waals surface area contributed by atoms with Crippen LogP contribution in [0.5, 0.6) is 0 Å². The molecule has 0 aliphatic rings. The van der Waals surface area contributed by atoms with Gasteiger partial charge in [-0.1, -0.05) is 18.3 Å². The summed E-state index contributed by atoms with van der Waals surface area (Å²) in [5, 5.41) is 2.99. The molecule has 2 heterocycles. The molecule has 3 rings (SSSR count). The Morgan fingerprint density at radius 3 is 2.92 bits per heavy atom. The summed E-state index contributed by atoms with van der Waals surface area (Å²) in [6, 6.07) is 3.03. The SMILES string of the molecule is CCc1cnc(CSc2cnc(NC(=O)Cc3cc(F)ccc3F)s2)o1. The Balaban J connectivity index is 1.54. The van der Waals surface area contributed by atoms with Gasteiger partial charge in [0, 0.05) is 12.0 Å². The zero-order chi connectivity index (χ0) is 18.5. The van der Waals surface area contributed by atoms with Gasteiger partial charge >= 0.3 is 0 Å². The highest BCUT2D eigenvalue weighted by Gasteiger charge is 2.12. The first kappa shape index (κ1) is 18.5. The Bertz CT molecular complexity index is 911. The zero-order valence-electron chi connectivity index (χ0n) is 13.8. The zero-order valence-corrected chi connectivity index (χ0v) is 15.4. The van der Waals surface area contributed by atoms with E-state index < -0.39 is 17.5 Å². The number of oxazole rings is 1. The van der Waals surface area contributed by atoms with E-state index in [9.17, 15) is 13.6 Å². The number of hydrogen-bond donors (Lipinski definition) is 1. The highest BCUT2D eigenvalue weighted by atomic mass is 32.2. The van der Waals surface area contributed by atoms with Gasteiger partial charge in [0.15, 0.2) is 5.13 Å². The number of carbonyl (C=O) groups is 1. The Kier molecular flexibility index (Phi) is 6.00. The molecule has 0 bridgehead atoms. The number of anilines is 1. The molecular formula is C17H15F2N3O2S2. The lowest BCUT2D eigenvalue weighted by Gasteiger charge is -2.03. The van der Waals surface area contributed by atoms with Crippen LogP contribution in [0.1, 0.15) is 24.1 Å². The minimum absolute atomic E-state index is 0.00396. The number of aryl methyl sites for hydroxylation is 1. The van der Waals surface area contributed by atoms with E-state index in [0.29, 0.717) is 16.8 Å². The van der Waals surface area contributed by atoms with Gasteiger partial charge < -0.3 is 9.73 Å². The average Bonchev–Trinajstić information content (AvgIpc) is 3.25. The van der Waals surface area contributed by atoms with Crippen molar-refractivity contribution in [2.24, 2.45) is 0 Å². The third-order valence-corrected chi connectivity index (χ3v) is 5.47. The summed E-state index contributed by atoms with van der Waals surface area (Å²) in [6.07, 6.45) is 3.87. The number of nitrogens with zero attached hydrogens (tertiary/aromatic N) is 2. The maximum atomic E-state index is 13.6. The van der Waals surface area contributed by atoms with Gasteiger partial charge in [0.1, 0.15) is 17.4 Å². The van der Waals surface area contributed by atoms with Gasteiger partial charge in [-0.3, -0.25) is 4.79 Å². The molecule has 0 fully saturated rings. The monoisotopic (exact) mass is 395 g/mol. The summed E-state index contributed by atoms with van der Waals surface area (Å²) in [4.78, 5) is 20.3. The van der Waals surface area contributed by atoms with E-state index in [-0.39, 0.29) is 12.0 Å². The van der Waals surface area contributed by atoms with Crippen molar-refractivity contribution in [1.29, 1.82) is 0 Å². The number of benzene rings is 1. The van der Waals surface area contributed by atoms with Gasteiger partial charge in [-0.15, -0.1) is 11.8 Å². The van der Waals surface area contributed by atoms with E-state index in [1.54, 1.807) is 12.4 Å². The van der Waals surface area contributed by atoms with Gasteiger partial charge in [-0.05, 0) is 18.2 Å². The average molecular weight is 395 g/mol. The molecule has 0 saturated heterocycles. The van der Waals surface area contributed by atoms with Gasteiger partial charge in [0.2, 0.25) is 11.8 Å². The highest BCUT2D eigenvalue weighted by Crippen LogP contribution is 2.30. The number of aromatic nitrogens is 2. The van der Waals surface area contributed by atoms with E-state index in [2.05, 4.69) is 15.3 Å². The molecule has 26 heavy (non-hydrogen) atoms. The van der Waals surface area contributed by atoms with E-state index in [1.165, 1.54) is 23.1 Å². The van der Waals surface area contributed by atoms with Gasteiger partial charge in [-0.25, -0.2) is 18.7 Å². The van der Waals surface area contributed by atoms with Crippen molar-refractivity contribution in [2.75, 3.05) is 5.32 Å². The van der Waals surface area contributed by atoms with Crippen LogP contribution in [-0.2, 0) is 23.4 Å². The number of hydrogen-bond acceptors (Lipinski definition) is 6. The van der Waals surface area contributed by atoms with Crippen molar-refractivity contribution in [2.45, 2.75) is 29.7 Å². The molecule has 1 N–H and O–H groups in total. The third-order valence-electron chi connectivity index (χ3n) is 3.38. The van der Waals surface area contributed by atoms with Gasteiger partial charge in [0.05, 0.1) is 28.8 Å². The van der Waals surface area contributed by atoms with Crippen LogP contribution in [0.15, 0.2) is 39.2 Å². The van der Waals surface area contributed by atoms with E-state index in [4.69, 9.17) is 4.42 Å². The lowest BCUT2D eigenvalue weighted by molar-refractivity contribution is -0.115. The first-order valence-corrected chi connectivity index (χ1v) is 9.59. The fraction of sp³-hybridized carbons (Fsp3) is 0.235. The molecule has 0 aliphatic carbocycles. The normalized spacial score (nSPS) is 10.9. The Hall–Kier alpha value is -2.26. The molecule has 136 valence electrons. The van der Waals surface area contributed by atoms with Crippen LogP contribution in [0.2, 0.25) is 0 Å². The van der Waals surface area contributed by atoms with Gasteiger partial charge in [0.25, 0.3) is 0 Å². The molecule has 0 unspecified atom stereocenters. The maximum Gasteiger partial charge on any atom is 0.230 e. The van der Waals surface area contributed by atoms with Crippen molar-refractivity contribution in [1.82, 2.24) is 9.97 Å². The summed E-state index contributed by atoms with van der Waals surface area (Å²) in [6.45, 7) is 1.99. The molecule has 2 aromatic heterocycles. The summed E-state index contributed by atoms with van der Waals surface area (Å²) in [5.74, 6) is 0.370. The fourth-order valence-corrected chi connectivity index (χ4v) is 3.85. The summed E-state index contributed by atoms with van der Waals surface area (Å²) in [5.41, 5.74) is 0.00396. The lowest BCUT2D eigenvalue weighted by Crippen LogP contribution is -2.15. The molecule has 1 aromatic carbocycles. The second-order valence-corrected chi connectivity index (χ2v) is 7.61. The van der Waals surface area contributed by atoms with Crippen molar-refractivity contribution in [3.8, 4) is 0 Å². The number of thiazole rings is 1. The molecule has 3 aromatic rings. The fourth-order valence-electron chi connectivity index (χ4n) is 2.11. The van der Waals surface area contributed by atoms with Crippen molar-refractivity contribution < 1.29 is 18.0 Å². The van der Waals surface area contributed by atoms with Crippen molar-refractivity contribution >= 4 is 34.1 Å². The number of halogens is 2. The minimum atomic E-state index is -0.616. The Morgan fingerprint density at radius 1 is 1.31 bits per heavy atom. The molecular weight excluding hydrogens is 380 g/mol. The largest absolute Gasteiger partial charge is 0.445 e. The molecule has 0 radical (unpaired) electrons. The highest BCUT2D eigenvalue weighted by molar-refractivity contribution is 8.00. The van der Waals surface area contributed by atoms with Crippen LogP contribution in [0.4, 0.5) is 13.9 Å². The van der Waals surface area contributed by atoms with Crippen LogP contribution in [-0.4, -0.2) is 15.9 Å². The van der Waals surface area contributed by atoms with Crippen LogP contribution in [0.25, 0.3) is 0 Å². The standard InChI is InChI=1S/C17H15F2N3O2S2/c1-2-12-7-20-15(24-12)9-25-16-8-21-17(26-16)22-14(23)6-10-5-11(18)3-4-13(10)19/h3-5,7-8H,2,6,9H2,1H3,(H,21,22,23). The number of nitrogens with one attached hydrogen (secondary N) is 1. The third kappa shape index (κ3) is 4.89. The predicted molar refractivity (Wildman–Crippen MR) is 96.2 cm³/mol. The molecule has 0 saturated carbocycles. The maximum absolute atomic E-state index is 13.6. The second-order valence-electron chi connectivity index (χ2n) is 5.31. The van der Waals surface area contributed by atoms with E-state index >= 15 is 0 Å².